The van der Waals surface area contributed by atoms with Crippen LogP contribution >= 0.6 is 11.3 Å². The van der Waals surface area contributed by atoms with Crippen molar-refractivity contribution in [2.75, 3.05) is 11.9 Å². The number of thiazole rings is 1. The van der Waals surface area contributed by atoms with Gasteiger partial charge >= 0.3 is 0 Å². The van der Waals surface area contributed by atoms with Crippen LogP contribution in [0.5, 0.6) is 0 Å². The Morgan fingerprint density at radius 3 is 2.91 bits per heavy atom. The van der Waals surface area contributed by atoms with Gasteiger partial charge in [0.15, 0.2) is 5.13 Å². The number of ether oxygens (including phenoxy) is 1. The molecule has 23 heavy (non-hydrogen) atoms. The molecule has 3 unspecified atom stereocenters. The van der Waals surface area contributed by atoms with E-state index in [2.05, 4.69) is 22.5 Å². The zero-order valence-corrected chi connectivity index (χ0v) is 14.8. The number of aromatic nitrogens is 1. The number of nitrogens with zero attached hydrogens (tertiary/aromatic N) is 1. The van der Waals surface area contributed by atoms with Gasteiger partial charge in [-0.25, -0.2) is 4.98 Å². The highest BCUT2D eigenvalue weighted by Crippen LogP contribution is 2.53. The molecule has 0 saturated heterocycles. The summed E-state index contributed by atoms with van der Waals surface area (Å²) in [5.74, 6) is -0.00855. The molecule has 0 radical (unpaired) electrons. The Hall–Kier alpha value is -0.980. The van der Waals surface area contributed by atoms with Crippen molar-refractivity contribution in [2.24, 2.45) is 5.41 Å². The quantitative estimate of drug-likeness (QED) is 0.837. The third kappa shape index (κ3) is 3.44. The Bertz CT molecular complexity index is 514. The second-order valence-electron chi connectivity index (χ2n) is 6.74. The van der Waals surface area contributed by atoms with Crippen molar-refractivity contribution in [3.05, 3.63) is 11.6 Å². The first kappa shape index (κ1) is 16.9. The maximum Gasteiger partial charge on any atom is 0.243 e. The van der Waals surface area contributed by atoms with Crippen LogP contribution in [-0.4, -0.2) is 35.7 Å². The monoisotopic (exact) mass is 337 g/mol. The molecule has 2 aliphatic rings. The number of amides is 1. The number of hydrogen-bond donors (Lipinski definition) is 2. The first-order valence-electron chi connectivity index (χ1n) is 8.73. The van der Waals surface area contributed by atoms with Crippen molar-refractivity contribution in [3.8, 4) is 0 Å². The molecule has 0 aromatic carbocycles. The lowest BCUT2D eigenvalue weighted by molar-refractivity contribution is -0.153. The SMILES string of the molecule is CCOC1CC(NC(C)C(=O)Nc2nccs2)C12CCCCC2. The third-order valence-corrected chi connectivity index (χ3v) is 6.13. The fraction of sp³-hybridized carbons (Fsp3) is 0.765. The molecule has 1 spiro atoms. The lowest BCUT2D eigenvalue weighted by atomic mass is 9.55. The number of carbonyl (C=O) groups is 1. The summed E-state index contributed by atoms with van der Waals surface area (Å²) in [5, 5.41) is 8.97. The minimum absolute atomic E-state index is 0.00855. The third-order valence-electron chi connectivity index (χ3n) is 5.44. The Morgan fingerprint density at radius 1 is 1.48 bits per heavy atom. The van der Waals surface area contributed by atoms with Crippen LogP contribution in [0.15, 0.2) is 11.6 Å². The van der Waals surface area contributed by atoms with Crippen LogP contribution in [0.3, 0.4) is 0 Å². The van der Waals surface area contributed by atoms with Crippen molar-refractivity contribution in [2.45, 2.75) is 70.6 Å². The Balaban J connectivity index is 1.59. The van der Waals surface area contributed by atoms with Crippen LogP contribution in [-0.2, 0) is 9.53 Å². The molecule has 2 saturated carbocycles. The maximum atomic E-state index is 12.3. The van der Waals surface area contributed by atoms with Gasteiger partial charge in [0.1, 0.15) is 0 Å². The molecule has 3 rings (SSSR count). The summed E-state index contributed by atoms with van der Waals surface area (Å²) in [5.41, 5.74) is 0.240. The molecular weight excluding hydrogens is 310 g/mol. The molecule has 2 N–H and O–H groups in total. The van der Waals surface area contributed by atoms with Gasteiger partial charge in [-0.15, -0.1) is 11.3 Å². The highest BCUT2D eigenvalue weighted by atomic mass is 32.1. The number of nitrogens with one attached hydrogen (secondary N) is 2. The molecule has 2 aliphatic carbocycles. The summed E-state index contributed by atoms with van der Waals surface area (Å²) < 4.78 is 5.98. The van der Waals surface area contributed by atoms with Crippen molar-refractivity contribution >= 4 is 22.4 Å². The molecule has 2 fully saturated rings. The topological polar surface area (TPSA) is 63.2 Å². The summed E-state index contributed by atoms with van der Waals surface area (Å²) >= 11 is 1.44. The minimum atomic E-state index is -0.217. The van der Waals surface area contributed by atoms with Crippen LogP contribution in [0.4, 0.5) is 5.13 Å². The summed E-state index contributed by atoms with van der Waals surface area (Å²) in [6.45, 7) is 4.79. The van der Waals surface area contributed by atoms with Crippen molar-refractivity contribution in [1.29, 1.82) is 0 Å². The second kappa shape index (κ2) is 7.28. The van der Waals surface area contributed by atoms with Crippen LogP contribution in [0, 0.1) is 5.41 Å². The van der Waals surface area contributed by atoms with E-state index in [0.29, 0.717) is 17.3 Å². The molecule has 128 valence electrons. The van der Waals surface area contributed by atoms with Gasteiger partial charge in [-0.1, -0.05) is 19.3 Å². The number of anilines is 1. The van der Waals surface area contributed by atoms with E-state index in [1.165, 1.54) is 43.4 Å². The van der Waals surface area contributed by atoms with Gasteiger partial charge < -0.3 is 15.4 Å². The van der Waals surface area contributed by atoms with Crippen LogP contribution in [0.1, 0.15) is 52.4 Å². The molecule has 1 amide bonds. The van der Waals surface area contributed by atoms with Crippen LogP contribution in [0.2, 0.25) is 0 Å². The van der Waals surface area contributed by atoms with Gasteiger partial charge in [-0.05, 0) is 33.1 Å². The fourth-order valence-electron chi connectivity index (χ4n) is 4.17. The fourth-order valence-corrected chi connectivity index (χ4v) is 4.71. The Kier molecular flexibility index (Phi) is 5.34. The molecule has 0 bridgehead atoms. The smallest absolute Gasteiger partial charge is 0.243 e. The lowest BCUT2D eigenvalue weighted by Gasteiger charge is -2.58. The van der Waals surface area contributed by atoms with Gasteiger partial charge in [-0.2, -0.15) is 0 Å². The maximum absolute atomic E-state index is 12.3. The molecule has 1 heterocycles. The number of carbonyl (C=O) groups excluding carboxylic acids is 1. The Morgan fingerprint density at radius 2 is 2.26 bits per heavy atom. The van der Waals surface area contributed by atoms with E-state index < -0.39 is 0 Å². The molecular formula is C17H27N3O2S. The van der Waals surface area contributed by atoms with E-state index in [4.69, 9.17) is 4.74 Å². The predicted molar refractivity (Wildman–Crippen MR) is 92.7 cm³/mol. The summed E-state index contributed by atoms with van der Waals surface area (Å²) in [6, 6.07) is 0.168. The predicted octanol–water partition coefficient (Wildman–Crippen LogP) is 3.19. The van der Waals surface area contributed by atoms with Gasteiger partial charge in [0.05, 0.1) is 12.1 Å². The highest BCUT2D eigenvalue weighted by molar-refractivity contribution is 7.13. The first-order chi connectivity index (χ1) is 11.2. The van der Waals surface area contributed by atoms with E-state index in [9.17, 15) is 4.79 Å². The standard InChI is InChI=1S/C17H27N3O2S/c1-3-22-14-11-13(17(14)7-5-4-6-8-17)19-12(2)15(21)20-16-18-9-10-23-16/h9-10,12-14,19H,3-8,11H2,1-2H3,(H,18,20,21). The largest absolute Gasteiger partial charge is 0.378 e. The van der Waals surface area contributed by atoms with Crippen molar-refractivity contribution < 1.29 is 9.53 Å². The number of rotatable bonds is 6. The van der Waals surface area contributed by atoms with Gasteiger partial charge in [0.2, 0.25) is 5.91 Å². The van der Waals surface area contributed by atoms with E-state index in [1.807, 2.05) is 12.3 Å². The van der Waals surface area contributed by atoms with E-state index in [1.54, 1.807) is 6.20 Å². The normalized spacial score (nSPS) is 27.4. The lowest BCUT2D eigenvalue weighted by Crippen LogP contribution is -2.66. The van der Waals surface area contributed by atoms with Crippen molar-refractivity contribution in [3.63, 3.8) is 0 Å². The highest BCUT2D eigenvalue weighted by Gasteiger charge is 2.55. The molecule has 1 aromatic rings. The zero-order chi connectivity index (χ0) is 16.3. The summed E-state index contributed by atoms with van der Waals surface area (Å²) in [4.78, 5) is 16.4. The molecule has 6 heteroatoms. The average molecular weight is 337 g/mol. The van der Waals surface area contributed by atoms with Crippen LogP contribution in [0.25, 0.3) is 0 Å². The van der Waals surface area contributed by atoms with E-state index in [-0.39, 0.29) is 17.4 Å². The van der Waals surface area contributed by atoms with Crippen LogP contribution < -0.4 is 10.6 Å². The molecule has 0 aliphatic heterocycles. The Labute approximate surface area is 142 Å². The van der Waals surface area contributed by atoms with Gasteiger partial charge in [0.25, 0.3) is 0 Å². The van der Waals surface area contributed by atoms with E-state index >= 15 is 0 Å². The molecule has 1 aromatic heterocycles. The van der Waals surface area contributed by atoms with Gasteiger partial charge in [0, 0.05) is 29.6 Å². The average Bonchev–Trinajstić information content (AvgIpc) is 3.07. The molecule has 3 atom stereocenters. The summed E-state index contributed by atoms with van der Waals surface area (Å²) in [7, 11) is 0. The first-order valence-corrected chi connectivity index (χ1v) is 9.61. The van der Waals surface area contributed by atoms with Gasteiger partial charge in [-0.3, -0.25) is 4.79 Å². The summed E-state index contributed by atoms with van der Waals surface area (Å²) in [6.07, 6.45) is 9.40. The molecule has 5 nitrogen and oxygen atoms in total. The zero-order valence-electron chi connectivity index (χ0n) is 14.0. The minimum Gasteiger partial charge on any atom is -0.378 e. The second-order valence-corrected chi connectivity index (χ2v) is 7.64. The number of hydrogen-bond acceptors (Lipinski definition) is 5. The van der Waals surface area contributed by atoms with Crippen molar-refractivity contribution in [1.82, 2.24) is 10.3 Å². The van der Waals surface area contributed by atoms with E-state index in [0.717, 1.165) is 13.0 Å².